The van der Waals surface area contributed by atoms with Crippen molar-refractivity contribution in [2.24, 2.45) is 0 Å². The Morgan fingerprint density at radius 1 is 1.22 bits per heavy atom. The van der Waals surface area contributed by atoms with Gasteiger partial charge < -0.3 is 4.90 Å². The van der Waals surface area contributed by atoms with Crippen LogP contribution < -0.4 is 0 Å². The molecule has 2 heterocycles. The van der Waals surface area contributed by atoms with Crippen LogP contribution in [0, 0.1) is 0 Å². The Kier molecular flexibility index (Phi) is 3.78. The van der Waals surface area contributed by atoms with E-state index in [1.54, 1.807) is 0 Å². The number of rotatable bonds is 2. The predicted octanol–water partition coefficient (Wildman–Crippen LogP) is 0.970. The number of carbonyl (C=O) groups excluding carboxylic acids is 1. The summed E-state index contributed by atoms with van der Waals surface area (Å²) in [7, 11) is -0.615. The highest BCUT2D eigenvalue weighted by molar-refractivity contribution is 7.86. The Hall–Kier alpha value is -1.44. The van der Waals surface area contributed by atoms with Crippen LogP contribution in [-0.2, 0) is 20.4 Å². The van der Waals surface area contributed by atoms with Crippen molar-refractivity contribution in [3.63, 3.8) is 0 Å². The second kappa shape index (κ2) is 5.29. The summed E-state index contributed by atoms with van der Waals surface area (Å²) in [5, 5.41) is 0. The van der Waals surface area contributed by atoms with E-state index >= 15 is 0 Å². The molecule has 1 amide bonds. The van der Waals surface area contributed by atoms with Crippen LogP contribution in [0.4, 0.5) is 0 Å². The van der Waals surface area contributed by atoms with E-state index in [1.807, 2.05) is 23.1 Å². The molecule has 0 bridgehead atoms. The van der Waals surface area contributed by atoms with Gasteiger partial charge in [-0.05, 0) is 11.1 Å². The molecule has 7 heteroatoms. The first kappa shape index (κ1) is 16.4. The average Bonchev–Trinajstić information content (AvgIpc) is 2.48. The molecule has 0 saturated carbocycles. The topological polar surface area (TPSA) is 60.9 Å². The molecule has 2 aliphatic rings. The van der Waals surface area contributed by atoms with Crippen molar-refractivity contribution in [3.8, 4) is 0 Å². The summed E-state index contributed by atoms with van der Waals surface area (Å²) in [6.07, 6.45) is 0. The second-order valence-electron chi connectivity index (χ2n) is 7.09. The maximum absolute atomic E-state index is 12.6. The summed E-state index contributed by atoms with van der Waals surface area (Å²) in [5.41, 5.74) is 2.11. The fourth-order valence-corrected chi connectivity index (χ4v) is 4.62. The normalized spacial score (nSPS) is 24.5. The lowest BCUT2D eigenvalue weighted by Gasteiger charge is -2.49. The predicted molar refractivity (Wildman–Crippen MR) is 88.1 cm³/mol. The van der Waals surface area contributed by atoms with E-state index in [0.717, 1.165) is 9.87 Å². The van der Waals surface area contributed by atoms with E-state index in [0.29, 0.717) is 13.1 Å². The van der Waals surface area contributed by atoms with Crippen LogP contribution in [0.1, 0.15) is 31.0 Å². The van der Waals surface area contributed by atoms with Crippen LogP contribution in [0.3, 0.4) is 0 Å². The van der Waals surface area contributed by atoms with Gasteiger partial charge in [-0.25, -0.2) is 0 Å². The Balaban J connectivity index is 2.05. The van der Waals surface area contributed by atoms with Crippen molar-refractivity contribution in [3.05, 3.63) is 35.4 Å². The number of hydrogen-bond acceptors (Lipinski definition) is 3. The standard InChI is InChI=1S/C16H23N3O3S/c1-16(2)11-19-14(12-7-5-6-8-13(12)16)9-18(10-15(19)20)23(21,22)17(3)4/h5-8,14H,9-11H2,1-4H3. The van der Waals surface area contributed by atoms with Gasteiger partial charge in [0.15, 0.2) is 0 Å². The Morgan fingerprint density at radius 3 is 2.52 bits per heavy atom. The molecule has 0 aliphatic carbocycles. The molecule has 23 heavy (non-hydrogen) atoms. The molecule has 1 unspecified atom stereocenters. The summed E-state index contributed by atoms with van der Waals surface area (Å²) in [6.45, 7) is 5.08. The summed E-state index contributed by atoms with van der Waals surface area (Å²) in [5.74, 6) is -0.130. The minimum absolute atomic E-state index is 0.0880. The highest BCUT2D eigenvalue weighted by Crippen LogP contribution is 2.41. The number of carbonyl (C=O) groups is 1. The second-order valence-corrected chi connectivity index (χ2v) is 9.23. The van der Waals surface area contributed by atoms with Gasteiger partial charge in [0.25, 0.3) is 10.2 Å². The molecule has 1 fully saturated rings. The molecule has 1 saturated heterocycles. The quantitative estimate of drug-likeness (QED) is 0.808. The summed E-state index contributed by atoms with van der Waals surface area (Å²) in [6, 6.07) is 7.82. The number of amides is 1. The fraction of sp³-hybridized carbons (Fsp3) is 0.562. The molecule has 1 atom stereocenters. The molecular formula is C16H23N3O3S. The number of fused-ring (bicyclic) bond motifs is 3. The molecule has 2 aliphatic heterocycles. The van der Waals surface area contributed by atoms with E-state index in [2.05, 4.69) is 19.9 Å². The van der Waals surface area contributed by atoms with Crippen molar-refractivity contribution < 1.29 is 13.2 Å². The van der Waals surface area contributed by atoms with Gasteiger partial charge in [0.2, 0.25) is 5.91 Å². The molecule has 126 valence electrons. The first-order valence-electron chi connectivity index (χ1n) is 7.71. The third-order valence-corrected chi connectivity index (χ3v) is 6.64. The molecule has 0 aromatic heterocycles. The molecule has 3 rings (SSSR count). The number of piperazine rings is 1. The smallest absolute Gasteiger partial charge is 0.282 e. The van der Waals surface area contributed by atoms with Crippen molar-refractivity contribution in [1.82, 2.24) is 13.5 Å². The van der Waals surface area contributed by atoms with E-state index < -0.39 is 10.2 Å². The van der Waals surface area contributed by atoms with Gasteiger partial charge in [-0.1, -0.05) is 38.1 Å². The van der Waals surface area contributed by atoms with Gasteiger partial charge in [0.05, 0.1) is 12.6 Å². The monoisotopic (exact) mass is 337 g/mol. The molecule has 1 aromatic carbocycles. The minimum atomic E-state index is -3.60. The van der Waals surface area contributed by atoms with Crippen LogP contribution in [0.5, 0.6) is 0 Å². The molecule has 1 aromatic rings. The zero-order valence-corrected chi connectivity index (χ0v) is 14.8. The average molecular weight is 337 g/mol. The van der Waals surface area contributed by atoms with Crippen LogP contribution in [0.25, 0.3) is 0 Å². The van der Waals surface area contributed by atoms with Gasteiger partial charge >= 0.3 is 0 Å². The van der Waals surface area contributed by atoms with Gasteiger partial charge in [-0.15, -0.1) is 0 Å². The van der Waals surface area contributed by atoms with Gasteiger partial charge in [0, 0.05) is 32.6 Å². The zero-order valence-electron chi connectivity index (χ0n) is 14.0. The minimum Gasteiger partial charge on any atom is -0.332 e. The molecular weight excluding hydrogens is 314 g/mol. The molecule has 0 N–H and O–H groups in total. The Bertz CT molecular complexity index is 743. The van der Waals surface area contributed by atoms with Crippen LogP contribution in [-0.4, -0.2) is 61.6 Å². The van der Waals surface area contributed by atoms with E-state index in [9.17, 15) is 13.2 Å². The third-order valence-electron chi connectivity index (χ3n) is 4.79. The van der Waals surface area contributed by atoms with E-state index in [-0.39, 0.29) is 23.9 Å². The first-order valence-corrected chi connectivity index (χ1v) is 9.11. The van der Waals surface area contributed by atoms with Crippen LogP contribution in [0.2, 0.25) is 0 Å². The summed E-state index contributed by atoms with van der Waals surface area (Å²) >= 11 is 0. The largest absolute Gasteiger partial charge is 0.332 e. The van der Waals surface area contributed by atoms with Crippen LogP contribution >= 0.6 is 0 Å². The summed E-state index contributed by atoms with van der Waals surface area (Å²) in [4.78, 5) is 14.4. The number of nitrogens with zero attached hydrogens (tertiary/aromatic N) is 3. The molecule has 6 nitrogen and oxygen atoms in total. The van der Waals surface area contributed by atoms with E-state index in [1.165, 1.54) is 24.0 Å². The van der Waals surface area contributed by atoms with E-state index in [4.69, 9.17) is 0 Å². The van der Waals surface area contributed by atoms with Gasteiger partial charge in [-0.2, -0.15) is 17.0 Å². The Morgan fingerprint density at radius 2 is 1.87 bits per heavy atom. The van der Waals surface area contributed by atoms with Crippen molar-refractivity contribution in [2.45, 2.75) is 25.3 Å². The van der Waals surface area contributed by atoms with Crippen molar-refractivity contribution >= 4 is 16.1 Å². The van der Waals surface area contributed by atoms with Crippen molar-refractivity contribution in [2.75, 3.05) is 33.7 Å². The number of benzene rings is 1. The number of hydrogen-bond donors (Lipinski definition) is 0. The fourth-order valence-electron chi connectivity index (χ4n) is 3.56. The maximum atomic E-state index is 12.6. The lowest BCUT2D eigenvalue weighted by Crippen LogP contribution is -2.59. The lowest BCUT2D eigenvalue weighted by atomic mass is 9.75. The first-order chi connectivity index (χ1) is 10.6. The Labute approximate surface area is 137 Å². The SMILES string of the molecule is CN(C)S(=O)(=O)N1CC(=O)N2CC(C)(C)c3ccccc3C2C1. The van der Waals surface area contributed by atoms with Gasteiger partial charge in [0.1, 0.15) is 0 Å². The third kappa shape index (κ3) is 2.56. The van der Waals surface area contributed by atoms with Crippen molar-refractivity contribution in [1.29, 1.82) is 0 Å². The summed E-state index contributed by atoms with van der Waals surface area (Å²) < 4.78 is 27.3. The molecule has 0 spiro atoms. The highest BCUT2D eigenvalue weighted by Gasteiger charge is 2.45. The van der Waals surface area contributed by atoms with Gasteiger partial charge in [-0.3, -0.25) is 4.79 Å². The molecule has 0 radical (unpaired) electrons. The van der Waals surface area contributed by atoms with Crippen LogP contribution in [0.15, 0.2) is 24.3 Å². The maximum Gasteiger partial charge on any atom is 0.282 e. The highest BCUT2D eigenvalue weighted by atomic mass is 32.2. The zero-order chi connectivity index (χ0) is 17.0. The lowest BCUT2D eigenvalue weighted by molar-refractivity contribution is -0.139.